The van der Waals surface area contributed by atoms with Gasteiger partial charge in [-0.15, -0.1) is 0 Å². The number of nitrogens with zero attached hydrogens (tertiary/aromatic N) is 4. The molecular weight excluding hydrogens is 292 g/mol. The molecule has 0 radical (unpaired) electrons. The number of benzene rings is 1. The Morgan fingerprint density at radius 1 is 1.32 bits per heavy atom. The first-order valence-electron chi connectivity index (χ1n) is 6.47. The van der Waals surface area contributed by atoms with Gasteiger partial charge in [0.1, 0.15) is 5.60 Å². The van der Waals surface area contributed by atoms with Crippen LogP contribution in [-0.2, 0) is 5.60 Å². The number of fused-ring (bicyclic) bond motifs is 1. The number of halogens is 2. The van der Waals surface area contributed by atoms with Crippen molar-refractivity contribution >= 4 is 16.9 Å². The lowest BCUT2D eigenvalue weighted by Gasteiger charge is -2.22. The predicted octanol–water partition coefficient (Wildman–Crippen LogP) is 1.87. The Kier molecular flexibility index (Phi) is 3.25. The molecule has 2 heterocycles. The summed E-state index contributed by atoms with van der Waals surface area (Å²) < 4.78 is 27.4. The van der Waals surface area contributed by atoms with E-state index in [9.17, 15) is 13.9 Å². The molecule has 0 aliphatic rings. The van der Waals surface area contributed by atoms with Crippen molar-refractivity contribution in [2.45, 2.75) is 19.0 Å². The van der Waals surface area contributed by atoms with Gasteiger partial charge >= 0.3 is 0 Å². The van der Waals surface area contributed by atoms with Crippen LogP contribution in [0, 0.1) is 0 Å². The SMILES string of the molecule is CC(O)(c1ccc2cnn(-c3ccnc(N)n3)c2c1)C(F)F. The fraction of sp³-hybridized carbons (Fsp3) is 0.214. The van der Waals surface area contributed by atoms with Crippen molar-refractivity contribution in [1.82, 2.24) is 19.7 Å². The second-order valence-corrected chi connectivity index (χ2v) is 5.05. The normalized spacial score (nSPS) is 14.4. The van der Waals surface area contributed by atoms with Crippen molar-refractivity contribution in [2.75, 3.05) is 5.73 Å². The number of alkyl halides is 2. The number of aromatic nitrogens is 4. The standard InChI is InChI=1S/C14H13F2N5O/c1-14(22,12(15)16)9-3-2-8-7-19-21(10(8)6-9)11-4-5-18-13(17)20-11/h2-7,12,22H,1H3,(H2,17,18,20). The van der Waals surface area contributed by atoms with Crippen LogP contribution in [0.5, 0.6) is 0 Å². The van der Waals surface area contributed by atoms with Crippen LogP contribution in [0.1, 0.15) is 12.5 Å². The Hall–Kier alpha value is -2.61. The van der Waals surface area contributed by atoms with Gasteiger partial charge in [-0.3, -0.25) is 0 Å². The number of hydrogen-bond donors (Lipinski definition) is 2. The summed E-state index contributed by atoms with van der Waals surface area (Å²) in [6.45, 7) is 1.07. The molecule has 0 fully saturated rings. The highest BCUT2D eigenvalue weighted by molar-refractivity contribution is 5.81. The quantitative estimate of drug-likeness (QED) is 0.771. The fourth-order valence-corrected chi connectivity index (χ4v) is 2.12. The number of nitrogen functional groups attached to an aromatic ring is 1. The molecule has 1 aromatic carbocycles. The van der Waals surface area contributed by atoms with Gasteiger partial charge < -0.3 is 10.8 Å². The number of aliphatic hydroxyl groups is 1. The molecule has 0 bridgehead atoms. The van der Waals surface area contributed by atoms with E-state index in [1.807, 2.05) is 0 Å². The van der Waals surface area contributed by atoms with Crippen molar-refractivity contribution < 1.29 is 13.9 Å². The molecule has 8 heteroatoms. The number of nitrogens with two attached hydrogens (primary N) is 1. The molecule has 0 amide bonds. The maximum Gasteiger partial charge on any atom is 0.270 e. The molecule has 0 aliphatic carbocycles. The second kappa shape index (κ2) is 4.99. The first-order valence-corrected chi connectivity index (χ1v) is 6.47. The number of anilines is 1. The number of hydrogen-bond acceptors (Lipinski definition) is 5. The molecule has 2 aromatic heterocycles. The van der Waals surface area contributed by atoms with Crippen LogP contribution in [0.3, 0.4) is 0 Å². The zero-order valence-corrected chi connectivity index (χ0v) is 11.6. The van der Waals surface area contributed by atoms with Crippen molar-refractivity contribution in [1.29, 1.82) is 0 Å². The van der Waals surface area contributed by atoms with Gasteiger partial charge in [0.15, 0.2) is 5.82 Å². The van der Waals surface area contributed by atoms with Crippen LogP contribution in [0.4, 0.5) is 14.7 Å². The minimum atomic E-state index is -2.91. The third-order valence-electron chi connectivity index (χ3n) is 3.46. The van der Waals surface area contributed by atoms with E-state index in [-0.39, 0.29) is 11.5 Å². The molecule has 0 saturated heterocycles. The predicted molar refractivity (Wildman–Crippen MR) is 76.6 cm³/mol. The van der Waals surface area contributed by atoms with Crippen molar-refractivity contribution in [3.8, 4) is 5.82 Å². The average molecular weight is 305 g/mol. The molecule has 3 aromatic rings. The van der Waals surface area contributed by atoms with E-state index in [0.717, 1.165) is 12.3 Å². The summed E-state index contributed by atoms with van der Waals surface area (Å²) in [5.74, 6) is 0.494. The van der Waals surface area contributed by atoms with Gasteiger partial charge in [0.2, 0.25) is 5.95 Å². The molecule has 3 rings (SSSR count). The second-order valence-electron chi connectivity index (χ2n) is 5.05. The van der Waals surface area contributed by atoms with Crippen LogP contribution in [-0.4, -0.2) is 31.3 Å². The highest BCUT2D eigenvalue weighted by Gasteiger charge is 2.34. The Morgan fingerprint density at radius 2 is 2.09 bits per heavy atom. The zero-order chi connectivity index (χ0) is 15.9. The molecule has 1 atom stereocenters. The van der Waals surface area contributed by atoms with E-state index in [0.29, 0.717) is 11.3 Å². The maximum atomic E-state index is 13.0. The van der Waals surface area contributed by atoms with Crippen LogP contribution < -0.4 is 5.73 Å². The lowest BCUT2D eigenvalue weighted by Crippen LogP contribution is -2.30. The molecule has 114 valence electrons. The third-order valence-corrected chi connectivity index (χ3v) is 3.46. The van der Waals surface area contributed by atoms with E-state index >= 15 is 0 Å². The highest BCUT2D eigenvalue weighted by Crippen LogP contribution is 2.30. The van der Waals surface area contributed by atoms with E-state index in [1.165, 1.54) is 23.0 Å². The van der Waals surface area contributed by atoms with Crippen LogP contribution in [0.25, 0.3) is 16.7 Å². The number of rotatable bonds is 3. The summed E-state index contributed by atoms with van der Waals surface area (Å²) in [5.41, 5.74) is 3.94. The van der Waals surface area contributed by atoms with Gasteiger partial charge in [-0.1, -0.05) is 12.1 Å². The highest BCUT2D eigenvalue weighted by atomic mass is 19.3. The Morgan fingerprint density at radius 3 is 2.77 bits per heavy atom. The fourth-order valence-electron chi connectivity index (χ4n) is 2.12. The molecule has 0 saturated carbocycles. The minimum Gasteiger partial charge on any atom is -0.379 e. The lowest BCUT2D eigenvalue weighted by molar-refractivity contribution is -0.0882. The van der Waals surface area contributed by atoms with Gasteiger partial charge in [-0.2, -0.15) is 10.1 Å². The summed E-state index contributed by atoms with van der Waals surface area (Å²) >= 11 is 0. The van der Waals surface area contributed by atoms with Crippen LogP contribution >= 0.6 is 0 Å². The lowest BCUT2D eigenvalue weighted by atomic mass is 9.96. The van der Waals surface area contributed by atoms with Gasteiger partial charge in [-0.05, 0) is 18.6 Å². The summed E-state index contributed by atoms with van der Waals surface area (Å²) in [5, 5.41) is 14.8. The summed E-state index contributed by atoms with van der Waals surface area (Å²) in [4.78, 5) is 7.85. The van der Waals surface area contributed by atoms with Gasteiger partial charge in [0.05, 0.1) is 11.7 Å². The first kappa shape index (κ1) is 14.3. The van der Waals surface area contributed by atoms with E-state index in [4.69, 9.17) is 5.73 Å². The van der Waals surface area contributed by atoms with Crippen molar-refractivity contribution in [3.63, 3.8) is 0 Å². The Balaban J connectivity index is 2.18. The smallest absolute Gasteiger partial charge is 0.270 e. The van der Waals surface area contributed by atoms with Crippen LogP contribution in [0.15, 0.2) is 36.7 Å². The van der Waals surface area contributed by atoms with Gasteiger partial charge in [-0.25, -0.2) is 18.4 Å². The topological polar surface area (TPSA) is 89.9 Å². The molecule has 1 unspecified atom stereocenters. The van der Waals surface area contributed by atoms with Crippen molar-refractivity contribution in [3.05, 3.63) is 42.2 Å². The summed E-state index contributed by atoms with van der Waals surface area (Å²) in [6.07, 6.45) is 0.148. The molecule has 0 aliphatic heterocycles. The molecular formula is C14H13F2N5O. The first-order chi connectivity index (χ1) is 10.4. The van der Waals surface area contributed by atoms with Gasteiger partial charge in [0.25, 0.3) is 6.43 Å². The summed E-state index contributed by atoms with van der Waals surface area (Å²) in [7, 11) is 0. The van der Waals surface area contributed by atoms with E-state index in [1.54, 1.807) is 18.3 Å². The van der Waals surface area contributed by atoms with Gasteiger partial charge in [0, 0.05) is 17.6 Å². The Bertz CT molecular complexity index is 831. The molecule has 3 N–H and O–H groups in total. The van der Waals surface area contributed by atoms with Crippen molar-refractivity contribution in [2.24, 2.45) is 0 Å². The molecule has 6 nitrogen and oxygen atoms in total. The van der Waals surface area contributed by atoms with Crippen LogP contribution in [0.2, 0.25) is 0 Å². The maximum absolute atomic E-state index is 13.0. The minimum absolute atomic E-state index is 0.0804. The summed E-state index contributed by atoms with van der Waals surface area (Å²) in [6, 6.07) is 6.14. The van der Waals surface area contributed by atoms with E-state index in [2.05, 4.69) is 15.1 Å². The molecule has 0 spiro atoms. The monoisotopic (exact) mass is 305 g/mol. The molecule has 22 heavy (non-hydrogen) atoms. The Labute approximate surface area is 124 Å². The van der Waals surface area contributed by atoms with E-state index < -0.39 is 12.0 Å². The zero-order valence-electron chi connectivity index (χ0n) is 11.6. The largest absolute Gasteiger partial charge is 0.379 e. The average Bonchev–Trinajstić information content (AvgIpc) is 2.90. The third kappa shape index (κ3) is 2.27.